The van der Waals surface area contributed by atoms with Crippen LogP contribution >= 0.6 is 0 Å². The minimum atomic E-state index is -0.459. The van der Waals surface area contributed by atoms with Gasteiger partial charge in [0.15, 0.2) is 0 Å². The van der Waals surface area contributed by atoms with Gasteiger partial charge < -0.3 is 15.6 Å². The smallest absolute Gasteiger partial charge is 0.328 e. The van der Waals surface area contributed by atoms with Gasteiger partial charge in [0.25, 0.3) is 11.5 Å². The molecule has 1 aromatic heterocycles. The molecule has 0 saturated carbocycles. The Morgan fingerprint density at radius 2 is 2.22 bits per heavy atom. The highest BCUT2D eigenvalue weighted by molar-refractivity contribution is 5.97. The second kappa shape index (κ2) is 6.37. The summed E-state index contributed by atoms with van der Waals surface area (Å²) in [5, 5.41) is 6.62. The Morgan fingerprint density at radius 1 is 1.39 bits per heavy atom. The first-order valence-electron chi connectivity index (χ1n) is 7.88. The number of rotatable bonds is 3. The number of aromatic amines is 1. The summed E-state index contributed by atoms with van der Waals surface area (Å²) in [5.74, 6) is -0.193. The van der Waals surface area contributed by atoms with Crippen LogP contribution in [0, 0.1) is 0 Å². The lowest BCUT2D eigenvalue weighted by atomic mass is 10.1. The van der Waals surface area contributed by atoms with Crippen LogP contribution in [0.4, 0.5) is 0 Å². The summed E-state index contributed by atoms with van der Waals surface area (Å²) in [6, 6.07) is 4.88. The SMILES string of the molecule is CCn1c(=O)[nH]c2cc(C(=O)NC3CCCNC3)ccc2c1=O. The number of hydrogen-bond donors (Lipinski definition) is 3. The zero-order valence-corrected chi connectivity index (χ0v) is 13.0. The van der Waals surface area contributed by atoms with E-state index in [1.54, 1.807) is 25.1 Å². The van der Waals surface area contributed by atoms with Gasteiger partial charge in [0.2, 0.25) is 0 Å². The van der Waals surface area contributed by atoms with Gasteiger partial charge in [-0.25, -0.2) is 4.79 Å². The largest absolute Gasteiger partial charge is 0.348 e. The number of carbonyl (C=O) groups is 1. The molecule has 0 aliphatic carbocycles. The van der Waals surface area contributed by atoms with Gasteiger partial charge in [-0.2, -0.15) is 0 Å². The average Bonchev–Trinajstić information content (AvgIpc) is 2.55. The molecular weight excluding hydrogens is 296 g/mol. The van der Waals surface area contributed by atoms with E-state index in [-0.39, 0.29) is 17.5 Å². The molecule has 1 saturated heterocycles. The number of H-pyrrole nitrogens is 1. The number of hydrogen-bond acceptors (Lipinski definition) is 4. The van der Waals surface area contributed by atoms with Gasteiger partial charge in [-0.3, -0.25) is 14.2 Å². The minimum absolute atomic E-state index is 0.110. The number of nitrogens with one attached hydrogen (secondary N) is 3. The Bertz CT molecular complexity index is 847. The van der Waals surface area contributed by atoms with Crippen molar-refractivity contribution in [2.24, 2.45) is 0 Å². The normalized spacial score (nSPS) is 18.0. The molecule has 0 radical (unpaired) electrons. The fourth-order valence-corrected chi connectivity index (χ4v) is 2.93. The highest BCUT2D eigenvalue weighted by atomic mass is 16.2. The molecule has 1 unspecified atom stereocenters. The molecule has 2 aromatic rings. The van der Waals surface area contributed by atoms with Gasteiger partial charge in [0.1, 0.15) is 0 Å². The third kappa shape index (κ3) is 3.05. The number of benzene rings is 1. The Hall–Kier alpha value is -2.41. The second-order valence-corrected chi connectivity index (χ2v) is 5.76. The lowest BCUT2D eigenvalue weighted by molar-refractivity contribution is 0.0931. The summed E-state index contributed by atoms with van der Waals surface area (Å²) in [7, 11) is 0. The van der Waals surface area contributed by atoms with Crippen LogP contribution in [0.2, 0.25) is 0 Å². The third-order valence-electron chi connectivity index (χ3n) is 4.19. The average molecular weight is 316 g/mol. The van der Waals surface area contributed by atoms with Gasteiger partial charge >= 0.3 is 5.69 Å². The predicted molar refractivity (Wildman–Crippen MR) is 87.9 cm³/mol. The van der Waals surface area contributed by atoms with E-state index in [9.17, 15) is 14.4 Å². The molecule has 1 amide bonds. The van der Waals surface area contributed by atoms with E-state index in [1.807, 2.05) is 0 Å². The molecule has 3 N–H and O–H groups in total. The first-order chi connectivity index (χ1) is 11.1. The van der Waals surface area contributed by atoms with Crippen LogP contribution in [0.3, 0.4) is 0 Å². The van der Waals surface area contributed by atoms with Crippen molar-refractivity contribution in [3.63, 3.8) is 0 Å². The Kier molecular flexibility index (Phi) is 4.29. The van der Waals surface area contributed by atoms with Crippen molar-refractivity contribution in [3.05, 3.63) is 44.6 Å². The van der Waals surface area contributed by atoms with Gasteiger partial charge in [0.05, 0.1) is 10.9 Å². The van der Waals surface area contributed by atoms with E-state index in [0.717, 1.165) is 30.5 Å². The van der Waals surface area contributed by atoms with E-state index < -0.39 is 5.69 Å². The lowest BCUT2D eigenvalue weighted by Crippen LogP contribution is -2.45. The van der Waals surface area contributed by atoms with Crippen LogP contribution in [0.5, 0.6) is 0 Å². The summed E-state index contributed by atoms with van der Waals surface area (Å²) < 4.78 is 1.13. The Labute approximate surface area is 132 Å². The van der Waals surface area contributed by atoms with Crippen LogP contribution in [0.15, 0.2) is 27.8 Å². The summed E-state index contributed by atoms with van der Waals surface area (Å²) in [6.07, 6.45) is 1.98. The number of piperidine rings is 1. The highest BCUT2D eigenvalue weighted by Crippen LogP contribution is 2.10. The van der Waals surface area contributed by atoms with Gasteiger partial charge in [-0.05, 0) is 44.5 Å². The molecule has 1 aliphatic rings. The molecular formula is C16H20N4O3. The molecule has 1 aromatic carbocycles. The van der Waals surface area contributed by atoms with Crippen molar-refractivity contribution >= 4 is 16.8 Å². The number of nitrogens with zero attached hydrogens (tertiary/aromatic N) is 1. The summed E-state index contributed by atoms with van der Waals surface area (Å²) in [5.41, 5.74) is 0.0280. The molecule has 0 spiro atoms. The topological polar surface area (TPSA) is 96.0 Å². The zero-order valence-electron chi connectivity index (χ0n) is 13.0. The molecule has 3 rings (SSSR count). The van der Waals surface area contributed by atoms with Crippen LogP contribution in [0.1, 0.15) is 30.1 Å². The molecule has 2 heterocycles. The van der Waals surface area contributed by atoms with E-state index in [0.29, 0.717) is 23.0 Å². The predicted octanol–water partition coefficient (Wildman–Crippen LogP) is 0.192. The van der Waals surface area contributed by atoms with Crippen LogP contribution in [-0.2, 0) is 6.54 Å². The molecule has 0 bridgehead atoms. The first kappa shape index (κ1) is 15.5. The Morgan fingerprint density at radius 3 is 2.91 bits per heavy atom. The number of amides is 1. The van der Waals surface area contributed by atoms with Crippen molar-refractivity contribution in [1.82, 2.24) is 20.2 Å². The van der Waals surface area contributed by atoms with E-state index >= 15 is 0 Å². The number of carbonyl (C=O) groups excluding carboxylic acids is 1. The van der Waals surface area contributed by atoms with Crippen molar-refractivity contribution < 1.29 is 4.79 Å². The van der Waals surface area contributed by atoms with E-state index in [1.165, 1.54) is 0 Å². The third-order valence-corrected chi connectivity index (χ3v) is 4.19. The van der Waals surface area contributed by atoms with Crippen LogP contribution < -0.4 is 21.9 Å². The highest BCUT2D eigenvalue weighted by Gasteiger charge is 2.17. The van der Waals surface area contributed by atoms with Crippen LogP contribution in [-0.4, -0.2) is 34.6 Å². The van der Waals surface area contributed by atoms with E-state index in [2.05, 4.69) is 15.6 Å². The first-order valence-corrected chi connectivity index (χ1v) is 7.88. The maximum Gasteiger partial charge on any atom is 0.328 e. The number of fused-ring (bicyclic) bond motifs is 1. The minimum Gasteiger partial charge on any atom is -0.348 e. The summed E-state index contributed by atoms with van der Waals surface area (Å²) >= 11 is 0. The van der Waals surface area contributed by atoms with Crippen molar-refractivity contribution in [3.8, 4) is 0 Å². The zero-order chi connectivity index (χ0) is 16.4. The molecule has 1 atom stereocenters. The molecule has 7 heteroatoms. The molecule has 1 aliphatic heterocycles. The van der Waals surface area contributed by atoms with Gasteiger partial charge in [-0.1, -0.05) is 0 Å². The summed E-state index contributed by atoms with van der Waals surface area (Å²) in [6.45, 7) is 3.79. The molecule has 1 fully saturated rings. The quantitative estimate of drug-likeness (QED) is 0.753. The van der Waals surface area contributed by atoms with Crippen molar-refractivity contribution in [2.75, 3.05) is 13.1 Å². The number of aromatic nitrogens is 2. The molecule has 122 valence electrons. The monoisotopic (exact) mass is 316 g/mol. The Balaban J connectivity index is 1.92. The maximum atomic E-state index is 12.3. The van der Waals surface area contributed by atoms with Crippen molar-refractivity contribution in [2.45, 2.75) is 32.4 Å². The molecule has 23 heavy (non-hydrogen) atoms. The van der Waals surface area contributed by atoms with Crippen molar-refractivity contribution in [1.29, 1.82) is 0 Å². The fourth-order valence-electron chi connectivity index (χ4n) is 2.93. The molecule has 7 nitrogen and oxygen atoms in total. The lowest BCUT2D eigenvalue weighted by Gasteiger charge is -2.23. The summed E-state index contributed by atoms with van der Waals surface area (Å²) in [4.78, 5) is 39.1. The van der Waals surface area contributed by atoms with Gasteiger partial charge in [-0.15, -0.1) is 0 Å². The van der Waals surface area contributed by atoms with Gasteiger partial charge in [0, 0.05) is 24.7 Å². The second-order valence-electron chi connectivity index (χ2n) is 5.76. The fraction of sp³-hybridized carbons (Fsp3) is 0.438. The standard InChI is InChI=1S/C16H20N4O3/c1-2-20-15(22)12-6-5-10(8-13(12)19-16(20)23)14(21)18-11-4-3-7-17-9-11/h5-6,8,11,17H,2-4,7,9H2,1H3,(H,18,21)(H,19,23). The van der Waals surface area contributed by atoms with Crippen LogP contribution in [0.25, 0.3) is 10.9 Å². The maximum absolute atomic E-state index is 12.3. The van der Waals surface area contributed by atoms with E-state index in [4.69, 9.17) is 0 Å².